The molecule has 0 spiro atoms. The van der Waals surface area contributed by atoms with Crippen LogP contribution in [0, 0.1) is 0 Å². The Labute approximate surface area is 114 Å². The molecule has 0 aliphatic carbocycles. The molecule has 0 aliphatic heterocycles. The number of carbonyl (C=O) groups excluding carboxylic acids is 1. The Bertz CT molecular complexity index is 382. The van der Waals surface area contributed by atoms with Crippen molar-refractivity contribution in [3.8, 4) is 0 Å². The SMILES string of the molecule is CCCCNC(=O)CN(C)Cc1cccc(Cl)c1. The van der Waals surface area contributed by atoms with Crippen LogP contribution in [0.1, 0.15) is 25.3 Å². The summed E-state index contributed by atoms with van der Waals surface area (Å²) in [6.45, 7) is 4.01. The van der Waals surface area contributed by atoms with Gasteiger partial charge in [0.1, 0.15) is 0 Å². The molecule has 0 bridgehead atoms. The highest BCUT2D eigenvalue weighted by Gasteiger charge is 2.06. The molecule has 0 fully saturated rings. The van der Waals surface area contributed by atoms with Crippen LogP contribution < -0.4 is 5.32 Å². The van der Waals surface area contributed by atoms with Crippen LogP contribution in [0.2, 0.25) is 5.02 Å². The largest absolute Gasteiger partial charge is 0.355 e. The standard InChI is InChI=1S/C14H21ClN2O/c1-3-4-8-16-14(18)11-17(2)10-12-6-5-7-13(15)9-12/h5-7,9H,3-4,8,10-11H2,1-2H3,(H,16,18). The van der Waals surface area contributed by atoms with Gasteiger partial charge in [0, 0.05) is 18.1 Å². The maximum atomic E-state index is 11.6. The highest BCUT2D eigenvalue weighted by molar-refractivity contribution is 6.30. The lowest BCUT2D eigenvalue weighted by atomic mass is 10.2. The quantitative estimate of drug-likeness (QED) is 0.771. The first kappa shape index (κ1) is 15.0. The summed E-state index contributed by atoms with van der Waals surface area (Å²) in [7, 11) is 1.93. The van der Waals surface area contributed by atoms with E-state index in [1.165, 1.54) is 0 Å². The van der Waals surface area contributed by atoms with E-state index in [2.05, 4.69) is 12.2 Å². The van der Waals surface area contributed by atoms with Crippen LogP contribution in [0.15, 0.2) is 24.3 Å². The minimum atomic E-state index is 0.0768. The minimum Gasteiger partial charge on any atom is -0.355 e. The van der Waals surface area contributed by atoms with Crippen LogP contribution in [0.4, 0.5) is 0 Å². The summed E-state index contributed by atoms with van der Waals surface area (Å²) in [5.74, 6) is 0.0768. The molecule has 18 heavy (non-hydrogen) atoms. The monoisotopic (exact) mass is 268 g/mol. The number of amides is 1. The number of nitrogens with zero attached hydrogens (tertiary/aromatic N) is 1. The fourth-order valence-electron chi connectivity index (χ4n) is 1.71. The lowest BCUT2D eigenvalue weighted by molar-refractivity contribution is -0.122. The topological polar surface area (TPSA) is 32.3 Å². The lowest BCUT2D eigenvalue weighted by Crippen LogP contribution is -2.35. The number of rotatable bonds is 7. The van der Waals surface area contributed by atoms with Gasteiger partial charge in [-0.2, -0.15) is 0 Å². The molecule has 1 amide bonds. The Morgan fingerprint density at radius 3 is 2.89 bits per heavy atom. The van der Waals surface area contributed by atoms with Gasteiger partial charge in [-0.05, 0) is 31.2 Å². The van der Waals surface area contributed by atoms with E-state index < -0.39 is 0 Å². The summed E-state index contributed by atoms with van der Waals surface area (Å²) in [6.07, 6.45) is 2.13. The molecule has 1 rings (SSSR count). The number of hydrogen-bond acceptors (Lipinski definition) is 2. The fraction of sp³-hybridized carbons (Fsp3) is 0.500. The molecule has 1 aromatic rings. The van der Waals surface area contributed by atoms with Gasteiger partial charge in [-0.1, -0.05) is 37.1 Å². The minimum absolute atomic E-state index is 0.0768. The van der Waals surface area contributed by atoms with Gasteiger partial charge >= 0.3 is 0 Å². The summed E-state index contributed by atoms with van der Waals surface area (Å²) in [5.41, 5.74) is 1.12. The third-order valence-electron chi connectivity index (χ3n) is 2.61. The summed E-state index contributed by atoms with van der Waals surface area (Å²) in [6, 6.07) is 7.71. The van der Waals surface area contributed by atoms with Crippen molar-refractivity contribution in [2.75, 3.05) is 20.1 Å². The molecule has 0 heterocycles. The van der Waals surface area contributed by atoms with E-state index in [0.29, 0.717) is 6.54 Å². The molecule has 0 saturated carbocycles. The van der Waals surface area contributed by atoms with Crippen molar-refractivity contribution in [1.82, 2.24) is 10.2 Å². The van der Waals surface area contributed by atoms with E-state index in [1.54, 1.807) is 0 Å². The zero-order valence-corrected chi connectivity index (χ0v) is 11.8. The number of hydrogen-bond donors (Lipinski definition) is 1. The second-order valence-corrected chi connectivity index (χ2v) is 4.94. The Morgan fingerprint density at radius 2 is 2.22 bits per heavy atom. The summed E-state index contributed by atoms with van der Waals surface area (Å²) in [5, 5.41) is 3.63. The number of carbonyl (C=O) groups is 1. The molecule has 0 aliphatic rings. The third-order valence-corrected chi connectivity index (χ3v) is 2.84. The third kappa shape index (κ3) is 6.03. The average molecular weight is 269 g/mol. The van der Waals surface area contributed by atoms with Gasteiger partial charge in [-0.3, -0.25) is 9.69 Å². The van der Waals surface area contributed by atoms with Gasteiger partial charge in [0.2, 0.25) is 5.91 Å². The zero-order chi connectivity index (χ0) is 13.4. The van der Waals surface area contributed by atoms with Crippen molar-refractivity contribution >= 4 is 17.5 Å². The van der Waals surface area contributed by atoms with Gasteiger partial charge in [0.05, 0.1) is 6.54 Å². The highest BCUT2D eigenvalue weighted by Crippen LogP contribution is 2.11. The first-order valence-electron chi connectivity index (χ1n) is 6.31. The van der Waals surface area contributed by atoms with E-state index in [0.717, 1.165) is 36.5 Å². The molecule has 1 N–H and O–H groups in total. The van der Waals surface area contributed by atoms with Crippen molar-refractivity contribution < 1.29 is 4.79 Å². The van der Waals surface area contributed by atoms with Crippen molar-refractivity contribution in [1.29, 1.82) is 0 Å². The van der Waals surface area contributed by atoms with Crippen molar-refractivity contribution in [3.05, 3.63) is 34.9 Å². The molecule has 0 saturated heterocycles. The number of unbranched alkanes of at least 4 members (excludes halogenated alkanes) is 1. The molecule has 100 valence electrons. The van der Waals surface area contributed by atoms with Gasteiger partial charge in [-0.25, -0.2) is 0 Å². The first-order valence-corrected chi connectivity index (χ1v) is 6.69. The number of likely N-dealkylation sites (N-methyl/N-ethyl adjacent to an activating group) is 1. The van der Waals surface area contributed by atoms with Gasteiger partial charge in [-0.15, -0.1) is 0 Å². The van der Waals surface area contributed by atoms with Gasteiger partial charge < -0.3 is 5.32 Å². The van der Waals surface area contributed by atoms with Crippen LogP contribution in [-0.4, -0.2) is 30.9 Å². The number of benzene rings is 1. The Balaban J connectivity index is 2.32. The van der Waals surface area contributed by atoms with Crippen LogP contribution in [0.3, 0.4) is 0 Å². The molecule has 0 atom stereocenters. The second-order valence-electron chi connectivity index (χ2n) is 4.51. The van der Waals surface area contributed by atoms with Crippen molar-refractivity contribution in [2.24, 2.45) is 0 Å². The molecule has 3 nitrogen and oxygen atoms in total. The molecular weight excluding hydrogens is 248 g/mol. The summed E-state index contributed by atoms with van der Waals surface area (Å²) in [4.78, 5) is 13.6. The smallest absolute Gasteiger partial charge is 0.234 e. The van der Waals surface area contributed by atoms with E-state index in [-0.39, 0.29) is 5.91 Å². The first-order chi connectivity index (χ1) is 8.61. The van der Waals surface area contributed by atoms with Crippen molar-refractivity contribution in [2.45, 2.75) is 26.3 Å². The maximum Gasteiger partial charge on any atom is 0.234 e. The van der Waals surface area contributed by atoms with Crippen LogP contribution in [-0.2, 0) is 11.3 Å². The van der Waals surface area contributed by atoms with E-state index >= 15 is 0 Å². The van der Waals surface area contributed by atoms with E-state index in [1.807, 2.05) is 36.2 Å². The Morgan fingerprint density at radius 1 is 1.44 bits per heavy atom. The van der Waals surface area contributed by atoms with Crippen molar-refractivity contribution in [3.63, 3.8) is 0 Å². The number of halogens is 1. The Hall–Kier alpha value is -1.06. The predicted molar refractivity (Wildman–Crippen MR) is 75.7 cm³/mol. The highest BCUT2D eigenvalue weighted by atomic mass is 35.5. The normalized spacial score (nSPS) is 10.7. The van der Waals surface area contributed by atoms with E-state index in [9.17, 15) is 4.79 Å². The van der Waals surface area contributed by atoms with Gasteiger partial charge in [0.15, 0.2) is 0 Å². The maximum absolute atomic E-state index is 11.6. The molecule has 0 unspecified atom stereocenters. The molecule has 1 aromatic carbocycles. The summed E-state index contributed by atoms with van der Waals surface area (Å²) < 4.78 is 0. The lowest BCUT2D eigenvalue weighted by Gasteiger charge is -2.16. The molecule has 0 radical (unpaired) electrons. The van der Waals surface area contributed by atoms with E-state index in [4.69, 9.17) is 11.6 Å². The Kier molecular flexibility index (Phi) is 6.76. The van der Waals surface area contributed by atoms with Crippen LogP contribution in [0.25, 0.3) is 0 Å². The number of nitrogens with one attached hydrogen (secondary N) is 1. The molecule has 0 aromatic heterocycles. The van der Waals surface area contributed by atoms with Crippen LogP contribution >= 0.6 is 11.6 Å². The zero-order valence-electron chi connectivity index (χ0n) is 11.1. The summed E-state index contributed by atoms with van der Waals surface area (Å²) >= 11 is 5.92. The predicted octanol–water partition coefficient (Wildman–Crippen LogP) is 2.69. The average Bonchev–Trinajstić information content (AvgIpc) is 2.29. The second kappa shape index (κ2) is 8.11. The van der Waals surface area contributed by atoms with Gasteiger partial charge in [0.25, 0.3) is 0 Å². The molecule has 4 heteroatoms. The van der Waals surface area contributed by atoms with Crippen LogP contribution in [0.5, 0.6) is 0 Å². The molecular formula is C14H21ClN2O. The fourth-order valence-corrected chi connectivity index (χ4v) is 1.92.